The monoisotopic (exact) mass is 322 g/mol. The van der Waals surface area contributed by atoms with E-state index in [0.717, 1.165) is 12.1 Å². The average Bonchev–Trinajstić information content (AvgIpc) is 2.50. The van der Waals surface area contributed by atoms with Crippen LogP contribution in [-0.2, 0) is 0 Å². The highest BCUT2D eigenvalue weighted by atomic mass is 35.5. The molecule has 0 aliphatic rings. The largest absolute Gasteiger partial charge is 0.383 e. The summed E-state index contributed by atoms with van der Waals surface area (Å²) in [6, 6.07) is 4.14. The van der Waals surface area contributed by atoms with Crippen molar-refractivity contribution in [2.24, 2.45) is 0 Å². The van der Waals surface area contributed by atoms with Gasteiger partial charge in [0.25, 0.3) is 0 Å². The van der Waals surface area contributed by atoms with Crippen molar-refractivity contribution in [1.82, 2.24) is 15.0 Å². The van der Waals surface area contributed by atoms with E-state index in [1.807, 2.05) is 19.2 Å². The first-order chi connectivity index (χ1) is 9.93. The Balaban J connectivity index is 2.38. The second kappa shape index (κ2) is 6.62. The predicted octanol–water partition coefficient (Wildman–Crippen LogP) is 4.06. The quantitative estimate of drug-likeness (QED) is 0.658. The van der Waals surface area contributed by atoms with Gasteiger partial charge in [-0.25, -0.2) is 9.97 Å². The Morgan fingerprint density at radius 1 is 1.33 bits per heavy atom. The van der Waals surface area contributed by atoms with Crippen molar-refractivity contribution >= 4 is 30.0 Å². The molecule has 0 saturated heterocycles. The lowest BCUT2D eigenvalue weighted by molar-refractivity contribution is 0.720. The third kappa shape index (κ3) is 3.47. The number of hydrogen-bond acceptors (Lipinski definition) is 5. The minimum Gasteiger partial charge on any atom is -0.383 e. The number of nitrogens with zero attached hydrogens (tertiary/aromatic N) is 3. The maximum absolute atomic E-state index is 6.03. The number of anilines is 1. The van der Waals surface area contributed by atoms with Gasteiger partial charge in [0, 0.05) is 6.20 Å². The van der Waals surface area contributed by atoms with Gasteiger partial charge in [0.15, 0.2) is 0 Å². The summed E-state index contributed by atoms with van der Waals surface area (Å²) in [6.45, 7) is 6.36. The fraction of sp³-hybridized carbons (Fsp3) is 0.400. The normalized spacial score (nSPS) is 14.0. The van der Waals surface area contributed by atoms with Gasteiger partial charge in [-0.15, -0.1) is 12.6 Å². The van der Waals surface area contributed by atoms with Crippen LogP contribution in [0.4, 0.5) is 5.82 Å². The Labute approximate surface area is 135 Å². The molecule has 2 unspecified atom stereocenters. The van der Waals surface area contributed by atoms with Crippen LogP contribution in [0.15, 0.2) is 23.2 Å². The van der Waals surface area contributed by atoms with E-state index in [-0.39, 0.29) is 11.1 Å². The molecule has 2 aromatic rings. The van der Waals surface area contributed by atoms with Gasteiger partial charge in [-0.3, -0.25) is 4.98 Å². The molecule has 0 aromatic carbocycles. The van der Waals surface area contributed by atoms with Crippen molar-refractivity contribution in [2.45, 2.75) is 43.9 Å². The van der Waals surface area contributed by atoms with Crippen molar-refractivity contribution in [3.05, 3.63) is 40.6 Å². The molecular formula is C15H19ClN4S. The third-order valence-corrected chi connectivity index (χ3v) is 4.55. The molecule has 112 valence electrons. The number of pyridine rings is 1. The summed E-state index contributed by atoms with van der Waals surface area (Å²) in [5, 5.41) is 0.269. The molecule has 0 aliphatic heterocycles. The predicted molar refractivity (Wildman–Crippen MR) is 89.2 cm³/mol. The van der Waals surface area contributed by atoms with Gasteiger partial charge in [-0.05, 0) is 37.0 Å². The number of thiol groups is 1. The molecule has 0 saturated carbocycles. The number of nitrogen functional groups attached to an aromatic ring is 1. The molecule has 2 N–H and O–H groups in total. The van der Waals surface area contributed by atoms with Crippen molar-refractivity contribution in [2.75, 3.05) is 5.73 Å². The first-order valence-electron chi connectivity index (χ1n) is 6.91. The highest BCUT2D eigenvalue weighted by molar-refractivity contribution is 7.80. The number of halogens is 1. The van der Waals surface area contributed by atoms with Crippen molar-refractivity contribution in [1.29, 1.82) is 0 Å². The molecule has 0 radical (unpaired) electrons. The summed E-state index contributed by atoms with van der Waals surface area (Å²) in [7, 11) is 0. The molecule has 2 rings (SSSR count). The van der Waals surface area contributed by atoms with Gasteiger partial charge in [0.1, 0.15) is 16.8 Å². The summed E-state index contributed by atoms with van der Waals surface area (Å²) in [5.74, 6) is 1.26. The zero-order valence-corrected chi connectivity index (χ0v) is 14.0. The lowest BCUT2D eigenvalue weighted by Crippen LogP contribution is -2.08. The van der Waals surface area contributed by atoms with Crippen LogP contribution < -0.4 is 5.73 Å². The topological polar surface area (TPSA) is 64.7 Å². The average molecular weight is 323 g/mol. The van der Waals surface area contributed by atoms with Crippen LogP contribution in [-0.4, -0.2) is 15.0 Å². The van der Waals surface area contributed by atoms with Gasteiger partial charge in [-0.2, -0.15) is 0 Å². The molecule has 2 atom stereocenters. The Kier molecular flexibility index (Phi) is 5.06. The molecule has 21 heavy (non-hydrogen) atoms. The van der Waals surface area contributed by atoms with E-state index in [9.17, 15) is 0 Å². The van der Waals surface area contributed by atoms with Crippen LogP contribution in [0.5, 0.6) is 0 Å². The Morgan fingerprint density at radius 2 is 2.05 bits per heavy atom. The SMILES string of the molecule is CCC(C)c1ccnc(C(C)c2nc(N)c(S)c(Cl)n2)c1. The number of hydrogen-bond donors (Lipinski definition) is 2. The van der Waals surface area contributed by atoms with E-state index in [4.69, 9.17) is 17.3 Å². The second-order valence-corrected chi connectivity index (χ2v) is 5.96. The van der Waals surface area contributed by atoms with Crippen LogP contribution in [0.2, 0.25) is 5.15 Å². The fourth-order valence-corrected chi connectivity index (χ4v) is 2.31. The molecule has 4 nitrogen and oxygen atoms in total. The first kappa shape index (κ1) is 16.0. The number of rotatable bonds is 4. The maximum Gasteiger partial charge on any atom is 0.148 e. The molecule has 0 spiro atoms. The van der Waals surface area contributed by atoms with Crippen molar-refractivity contribution < 1.29 is 0 Å². The van der Waals surface area contributed by atoms with Crippen LogP contribution in [0, 0.1) is 0 Å². The highest BCUT2D eigenvalue weighted by Crippen LogP contribution is 2.28. The molecule has 0 aliphatic carbocycles. The van der Waals surface area contributed by atoms with E-state index in [1.165, 1.54) is 5.56 Å². The molecule has 0 fully saturated rings. The molecule has 6 heteroatoms. The van der Waals surface area contributed by atoms with Crippen LogP contribution >= 0.6 is 24.2 Å². The van der Waals surface area contributed by atoms with E-state index >= 15 is 0 Å². The Morgan fingerprint density at radius 3 is 2.67 bits per heavy atom. The van der Waals surface area contributed by atoms with Gasteiger partial charge in [-0.1, -0.05) is 25.4 Å². The molecule has 2 aromatic heterocycles. The zero-order valence-electron chi connectivity index (χ0n) is 12.3. The summed E-state index contributed by atoms with van der Waals surface area (Å²) >= 11 is 10.2. The van der Waals surface area contributed by atoms with Gasteiger partial charge >= 0.3 is 0 Å². The lowest BCUT2D eigenvalue weighted by atomic mass is 9.96. The first-order valence-corrected chi connectivity index (χ1v) is 7.74. The maximum atomic E-state index is 6.03. The molecule has 0 bridgehead atoms. The Hall–Kier alpha value is -1.33. The zero-order chi connectivity index (χ0) is 15.6. The standard InChI is InChI=1S/C15H19ClN4S/c1-4-8(2)10-5-6-18-11(7-10)9(3)15-19-13(16)12(21)14(17)20-15/h5-9,21H,4H2,1-3H3,(H2,17,19,20). The minimum absolute atomic E-state index is 0.0808. The van der Waals surface area contributed by atoms with Crippen molar-refractivity contribution in [3.63, 3.8) is 0 Å². The third-order valence-electron chi connectivity index (χ3n) is 3.70. The summed E-state index contributed by atoms with van der Waals surface area (Å²) in [4.78, 5) is 13.4. The highest BCUT2D eigenvalue weighted by Gasteiger charge is 2.17. The van der Waals surface area contributed by atoms with E-state index in [2.05, 4.69) is 47.5 Å². The summed E-state index contributed by atoms with van der Waals surface area (Å²) < 4.78 is 0. The van der Waals surface area contributed by atoms with Crippen LogP contribution in [0.1, 0.15) is 56.1 Å². The molecular weight excluding hydrogens is 304 g/mol. The fourth-order valence-electron chi connectivity index (χ4n) is 2.03. The molecule has 0 amide bonds. The van der Waals surface area contributed by atoms with Crippen LogP contribution in [0.25, 0.3) is 0 Å². The van der Waals surface area contributed by atoms with E-state index in [1.54, 1.807) is 0 Å². The van der Waals surface area contributed by atoms with Gasteiger partial charge < -0.3 is 5.73 Å². The minimum atomic E-state index is -0.0808. The number of nitrogens with two attached hydrogens (primary N) is 1. The summed E-state index contributed by atoms with van der Waals surface area (Å²) in [6.07, 6.45) is 2.91. The second-order valence-electron chi connectivity index (χ2n) is 5.15. The van der Waals surface area contributed by atoms with E-state index in [0.29, 0.717) is 22.5 Å². The van der Waals surface area contributed by atoms with Crippen LogP contribution in [0.3, 0.4) is 0 Å². The Bertz CT molecular complexity index is 624. The van der Waals surface area contributed by atoms with Gasteiger partial charge in [0.05, 0.1) is 16.5 Å². The lowest BCUT2D eigenvalue weighted by Gasteiger charge is -2.14. The summed E-state index contributed by atoms with van der Waals surface area (Å²) in [5.41, 5.74) is 7.98. The smallest absolute Gasteiger partial charge is 0.148 e. The molecule has 2 heterocycles. The van der Waals surface area contributed by atoms with Gasteiger partial charge in [0.2, 0.25) is 0 Å². The van der Waals surface area contributed by atoms with Crippen molar-refractivity contribution in [3.8, 4) is 0 Å². The van der Waals surface area contributed by atoms with E-state index < -0.39 is 0 Å². The number of aromatic nitrogens is 3.